The molecule has 0 saturated heterocycles. The Morgan fingerprint density at radius 1 is 1.47 bits per heavy atom. The average Bonchev–Trinajstić information content (AvgIpc) is 2.30. The lowest BCUT2D eigenvalue weighted by Crippen LogP contribution is -2.35. The molecule has 1 atom stereocenters. The molecule has 0 fully saturated rings. The topological polar surface area (TPSA) is 49.5 Å². The average molecular weight is 240 g/mol. The van der Waals surface area contributed by atoms with Gasteiger partial charge >= 0.3 is 0 Å². The lowest BCUT2D eigenvalue weighted by molar-refractivity contribution is 0.133. The molecule has 0 aliphatic rings. The Morgan fingerprint density at radius 2 is 2.18 bits per heavy atom. The molecule has 0 amide bonds. The van der Waals surface area contributed by atoms with E-state index in [0.717, 1.165) is 18.5 Å². The van der Waals surface area contributed by atoms with Gasteiger partial charge in [-0.15, -0.1) is 0 Å². The molecule has 1 aromatic rings. The first-order valence-corrected chi connectivity index (χ1v) is 5.84. The van der Waals surface area contributed by atoms with Gasteiger partial charge in [-0.3, -0.25) is 0 Å². The largest absolute Gasteiger partial charge is 0.390 e. The van der Waals surface area contributed by atoms with Crippen molar-refractivity contribution >= 4 is 0 Å². The minimum Gasteiger partial charge on any atom is -0.390 e. The second-order valence-electron chi connectivity index (χ2n) is 4.49. The number of nitrogens with two attached hydrogens (primary N) is 1. The van der Waals surface area contributed by atoms with Crippen LogP contribution < -0.4 is 5.73 Å². The van der Waals surface area contributed by atoms with Gasteiger partial charge in [-0.25, -0.2) is 4.39 Å². The summed E-state index contributed by atoms with van der Waals surface area (Å²) in [5.74, 6) is -0.166. The van der Waals surface area contributed by atoms with Crippen molar-refractivity contribution in [1.82, 2.24) is 4.90 Å². The summed E-state index contributed by atoms with van der Waals surface area (Å²) >= 11 is 0. The zero-order valence-electron chi connectivity index (χ0n) is 10.5. The summed E-state index contributed by atoms with van der Waals surface area (Å²) in [5.41, 5.74) is 7.13. The van der Waals surface area contributed by atoms with Crippen molar-refractivity contribution in [2.24, 2.45) is 5.73 Å². The third-order valence-corrected chi connectivity index (χ3v) is 2.80. The van der Waals surface area contributed by atoms with Crippen molar-refractivity contribution in [1.29, 1.82) is 0 Å². The number of aliphatic hydroxyl groups is 1. The zero-order valence-corrected chi connectivity index (χ0v) is 10.5. The Kier molecular flexibility index (Phi) is 5.55. The van der Waals surface area contributed by atoms with Crippen LogP contribution in [0, 0.1) is 12.7 Å². The predicted octanol–water partition coefficient (Wildman–Crippen LogP) is 0.928. The smallest absolute Gasteiger partial charge is 0.126 e. The number of aliphatic hydroxyl groups excluding tert-OH is 1. The summed E-state index contributed by atoms with van der Waals surface area (Å²) in [6.07, 6.45) is 0.365. The van der Waals surface area contributed by atoms with Crippen LogP contribution in [0.3, 0.4) is 0 Å². The molecule has 0 aromatic heterocycles. The molecule has 1 unspecified atom stereocenters. The minimum atomic E-state index is -0.477. The van der Waals surface area contributed by atoms with Gasteiger partial charge in [0.15, 0.2) is 0 Å². The first-order valence-electron chi connectivity index (χ1n) is 5.84. The van der Waals surface area contributed by atoms with Crippen molar-refractivity contribution in [2.45, 2.75) is 19.4 Å². The van der Waals surface area contributed by atoms with Gasteiger partial charge < -0.3 is 15.7 Å². The Balaban J connectivity index is 2.42. The molecule has 1 rings (SSSR count). The molecule has 4 heteroatoms. The fraction of sp³-hybridized carbons (Fsp3) is 0.538. The van der Waals surface area contributed by atoms with Gasteiger partial charge in [0.2, 0.25) is 0 Å². The van der Waals surface area contributed by atoms with E-state index in [1.165, 1.54) is 6.07 Å². The molecular formula is C13H21FN2O. The molecule has 1 aromatic carbocycles. The Labute approximate surface area is 102 Å². The van der Waals surface area contributed by atoms with Gasteiger partial charge in [0.05, 0.1) is 6.10 Å². The van der Waals surface area contributed by atoms with Crippen LogP contribution in [0.4, 0.5) is 4.39 Å². The maximum absolute atomic E-state index is 13.1. The van der Waals surface area contributed by atoms with E-state index in [0.29, 0.717) is 12.1 Å². The van der Waals surface area contributed by atoms with E-state index in [-0.39, 0.29) is 12.4 Å². The SMILES string of the molecule is Cc1cc(CCN(C)CC(O)CN)ccc1F. The summed E-state index contributed by atoms with van der Waals surface area (Å²) in [6.45, 7) is 3.43. The molecule has 96 valence electrons. The van der Waals surface area contributed by atoms with E-state index in [2.05, 4.69) is 0 Å². The van der Waals surface area contributed by atoms with Gasteiger partial charge in [0.25, 0.3) is 0 Å². The molecule has 0 spiro atoms. The second-order valence-corrected chi connectivity index (χ2v) is 4.49. The molecule has 0 heterocycles. The van der Waals surface area contributed by atoms with Crippen LogP contribution >= 0.6 is 0 Å². The maximum Gasteiger partial charge on any atom is 0.126 e. The summed E-state index contributed by atoms with van der Waals surface area (Å²) in [4.78, 5) is 2.02. The monoisotopic (exact) mass is 240 g/mol. The summed E-state index contributed by atoms with van der Waals surface area (Å²) in [5, 5.41) is 9.39. The van der Waals surface area contributed by atoms with Gasteiger partial charge in [0.1, 0.15) is 5.82 Å². The Morgan fingerprint density at radius 3 is 2.76 bits per heavy atom. The van der Waals surface area contributed by atoms with Gasteiger partial charge in [0, 0.05) is 19.6 Å². The van der Waals surface area contributed by atoms with E-state index in [4.69, 9.17) is 5.73 Å². The van der Waals surface area contributed by atoms with E-state index < -0.39 is 6.10 Å². The Hall–Kier alpha value is -0.970. The summed E-state index contributed by atoms with van der Waals surface area (Å²) in [6, 6.07) is 5.16. The highest BCUT2D eigenvalue weighted by Crippen LogP contribution is 2.10. The van der Waals surface area contributed by atoms with Crippen LogP contribution in [0.5, 0.6) is 0 Å². The van der Waals surface area contributed by atoms with E-state index in [1.54, 1.807) is 13.0 Å². The minimum absolute atomic E-state index is 0.166. The fourth-order valence-electron chi connectivity index (χ4n) is 1.71. The van der Waals surface area contributed by atoms with Crippen LogP contribution in [-0.2, 0) is 6.42 Å². The molecule has 0 aliphatic carbocycles. The van der Waals surface area contributed by atoms with E-state index in [1.807, 2.05) is 18.0 Å². The number of benzene rings is 1. The zero-order chi connectivity index (χ0) is 12.8. The molecule has 17 heavy (non-hydrogen) atoms. The van der Waals surface area contributed by atoms with E-state index in [9.17, 15) is 9.50 Å². The van der Waals surface area contributed by atoms with Gasteiger partial charge in [-0.05, 0) is 37.6 Å². The summed E-state index contributed by atoms with van der Waals surface area (Å²) in [7, 11) is 1.94. The van der Waals surface area contributed by atoms with Crippen LogP contribution in [0.25, 0.3) is 0 Å². The fourth-order valence-corrected chi connectivity index (χ4v) is 1.71. The second kappa shape index (κ2) is 6.69. The number of halogens is 1. The maximum atomic E-state index is 13.1. The lowest BCUT2D eigenvalue weighted by Gasteiger charge is -2.19. The van der Waals surface area contributed by atoms with Gasteiger partial charge in [-0.1, -0.05) is 12.1 Å². The third-order valence-electron chi connectivity index (χ3n) is 2.80. The molecular weight excluding hydrogens is 219 g/mol. The van der Waals surface area contributed by atoms with Crippen LogP contribution in [0.2, 0.25) is 0 Å². The van der Waals surface area contributed by atoms with Crippen molar-refractivity contribution in [3.63, 3.8) is 0 Å². The van der Waals surface area contributed by atoms with E-state index >= 15 is 0 Å². The lowest BCUT2D eigenvalue weighted by atomic mass is 10.1. The van der Waals surface area contributed by atoms with Crippen molar-refractivity contribution in [2.75, 3.05) is 26.7 Å². The number of aryl methyl sites for hydroxylation is 1. The quantitative estimate of drug-likeness (QED) is 0.777. The third kappa shape index (κ3) is 4.81. The molecule has 0 radical (unpaired) electrons. The van der Waals surface area contributed by atoms with Crippen molar-refractivity contribution in [3.8, 4) is 0 Å². The number of rotatable bonds is 6. The predicted molar refractivity (Wildman–Crippen MR) is 67.4 cm³/mol. The molecule has 3 N–H and O–H groups in total. The normalized spacial score (nSPS) is 13.1. The van der Waals surface area contributed by atoms with Crippen LogP contribution in [0.15, 0.2) is 18.2 Å². The van der Waals surface area contributed by atoms with Gasteiger partial charge in [-0.2, -0.15) is 0 Å². The highest BCUT2D eigenvalue weighted by atomic mass is 19.1. The molecule has 0 aliphatic heterocycles. The van der Waals surface area contributed by atoms with Crippen molar-refractivity contribution in [3.05, 3.63) is 35.1 Å². The first-order chi connectivity index (χ1) is 8.02. The van der Waals surface area contributed by atoms with Crippen molar-refractivity contribution < 1.29 is 9.50 Å². The standard InChI is InChI=1S/C13H21FN2O/c1-10-7-11(3-4-13(10)14)5-6-16(2)9-12(17)8-15/h3-4,7,12,17H,5-6,8-9,15H2,1-2H3. The highest BCUT2D eigenvalue weighted by Gasteiger charge is 2.06. The number of likely N-dealkylation sites (N-methyl/N-ethyl adjacent to an activating group) is 1. The Bertz CT molecular complexity index is 357. The molecule has 0 bridgehead atoms. The molecule has 0 saturated carbocycles. The van der Waals surface area contributed by atoms with Crippen LogP contribution in [-0.4, -0.2) is 42.8 Å². The highest BCUT2D eigenvalue weighted by molar-refractivity contribution is 5.24. The number of hydrogen-bond donors (Lipinski definition) is 2. The molecule has 3 nitrogen and oxygen atoms in total. The number of nitrogens with zero attached hydrogens (tertiary/aromatic N) is 1. The van der Waals surface area contributed by atoms with Crippen LogP contribution in [0.1, 0.15) is 11.1 Å². The first kappa shape index (κ1) is 14.1. The summed E-state index contributed by atoms with van der Waals surface area (Å²) < 4.78 is 13.1. The number of hydrogen-bond acceptors (Lipinski definition) is 3.